The van der Waals surface area contributed by atoms with Gasteiger partial charge >= 0.3 is 0 Å². The Labute approximate surface area is 196 Å². The van der Waals surface area contributed by atoms with Crippen molar-refractivity contribution in [3.63, 3.8) is 0 Å². The lowest BCUT2D eigenvalue weighted by Gasteiger charge is -2.20. The first-order valence-corrected chi connectivity index (χ1v) is 11.2. The predicted octanol–water partition coefficient (Wildman–Crippen LogP) is 5.90. The van der Waals surface area contributed by atoms with Crippen LogP contribution in [0.5, 0.6) is 0 Å². The number of fused-ring (bicyclic) bond motifs is 1. The Balaban J connectivity index is 1.91. The summed E-state index contributed by atoms with van der Waals surface area (Å²) in [7, 11) is 0. The summed E-state index contributed by atoms with van der Waals surface area (Å²) in [5.74, 6) is 0.765. The molecule has 33 heavy (non-hydrogen) atoms. The van der Waals surface area contributed by atoms with Gasteiger partial charge in [0.15, 0.2) is 0 Å². The molecule has 0 aliphatic carbocycles. The molecule has 2 aromatic carbocycles. The maximum atomic E-state index is 13.9. The van der Waals surface area contributed by atoms with Gasteiger partial charge in [0.2, 0.25) is 0 Å². The van der Waals surface area contributed by atoms with Gasteiger partial charge < -0.3 is 4.90 Å². The second-order valence-electron chi connectivity index (χ2n) is 7.60. The number of pyridine rings is 1. The molecule has 2 heterocycles. The fourth-order valence-corrected chi connectivity index (χ4v) is 3.95. The molecular formula is C26H24ClFN4O. The maximum absolute atomic E-state index is 13.9. The second-order valence-corrected chi connectivity index (χ2v) is 8.01. The highest BCUT2D eigenvalue weighted by atomic mass is 35.5. The summed E-state index contributed by atoms with van der Waals surface area (Å²) < 4.78 is 15.3. The second kappa shape index (κ2) is 9.55. The van der Waals surface area contributed by atoms with Crippen molar-refractivity contribution in [1.82, 2.24) is 14.5 Å². The van der Waals surface area contributed by atoms with E-state index in [9.17, 15) is 9.18 Å². The minimum atomic E-state index is -0.497. The van der Waals surface area contributed by atoms with Gasteiger partial charge in [-0.05, 0) is 74.9 Å². The lowest BCUT2D eigenvalue weighted by Crippen LogP contribution is -2.23. The van der Waals surface area contributed by atoms with E-state index in [4.69, 9.17) is 16.6 Å². The summed E-state index contributed by atoms with van der Waals surface area (Å²) in [4.78, 5) is 25.0. The SMILES string of the molecule is CCN(CC)c1ccc(C)c(C=Cc2nc3ccc(F)cc3c(=O)n2-c2ccccc2Cl)n1. The largest absolute Gasteiger partial charge is 0.357 e. The number of anilines is 1. The standard InChI is InChI=1S/C26H24ClFN4O/c1-4-31(5-2)24-14-10-17(3)21(29-24)13-15-25-30-22-12-11-18(28)16-19(22)26(33)32(25)23-9-7-6-8-20(23)27/h6-16H,4-5H2,1-3H3. The Kier molecular flexibility index (Phi) is 6.56. The van der Waals surface area contributed by atoms with Crippen LogP contribution in [-0.4, -0.2) is 27.6 Å². The summed E-state index contributed by atoms with van der Waals surface area (Å²) in [6.45, 7) is 7.86. The number of rotatable bonds is 6. The normalized spacial score (nSPS) is 11.4. The molecule has 4 aromatic rings. The Morgan fingerprint density at radius 3 is 2.52 bits per heavy atom. The zero-order chi connectivity index (χ0) is 23.5. The highest BCUT2D eigenvalue weighted by Gasteiger charge is 2.14. The van der Waals surface area contributed by atoms with Crippen LogP contribution in [0, 0.1) is 12.7 Å². The molecule has 0 saturated heterocycles. The summed E-state index contributed by atoms with van der Waals surface area (Å²) in [6.07, 6.45) is 3.58. The molecule has 0 spiro atoms. The van der Waals surface area contributed by atoms with Gasteiger partial charge in [-0.15, -0.1) is 0 Å². The van der Waals surface area contributed by atoms with E-state index in [0.717, 1.165) is 30.2 Å². The zero-order valence-electron chi connectivity index (χ0n) is 18.7. The lowest BCUT2D eigenvalue weighted by molar-refractivity contribution is 0.629. The van der Waals surface area contributed by atoms with Crippen LogP contribution in [0.4, 0.5) is 10.2 Å². The topological polar surface area (TPSA) is 51.0 Å². The number of hydrogen-bond acceptors (Lipinski definition) is 4. The van der Waals surface area contributed by atoms with Crippen molar-refractivity contribution in [2.24, 2.45) is 0 Å². The number of halogens is 2. The van der Waals surface area contributed by atoms with Crippen LogP contribution in [0.1, 0.15) is 30.9 Å². The molecule has 0 unspecified atom stereocenters. The van der Waals surface area contributed by atoms with Crippen LogP contribution < -0.4 is 10.5 Å². The molecule has 7 heteroatoms. The highest BCUT2D eigenvalue weighted by Crippen LogP contribution is 2.23. The third-order valence-corrected chi connectivity index (χ3v) is 5.87. The van der Waals surface area contributed by atoms with Crippen molar-refractivity contribution in [3.05, 3.63) is 92.9 Å². The Morgan fingerprint density at radius 2 is 1.79 bits per heavy atom. The lowest BCUT2D eigenvalue weighted by atomic mass is 10.2. The van der Waals surface area contributed by atoms with Crippen LogP contribution in [0.3, 0.4) is 0 Å². The third kappa shape index (κ3) is 4.52. The first kappa shape index (κ1) is 22.7. The van der Waals surface area contributed by atoms with E-state index in [1.807, 2.05) is 25.1 Å². The van der Waals surface area contributed by atoms with E-state index in [1.165, 1.54) is 22.8 Å². The van der Waals surface area contributed by atoms with Crippen LogP contribution >= 0.6 is 11.6 Å². The van der Waals surface area contributed by atoms with Crippen LogP contribution in [-0.2, 0) is 0 Å². The molecule has 4 rings (SSSR count). The third-order valence-electron chi connectivity index (χ3n) is 5.55. The Bertz CT molecular complexity index is 1410. The van der Waals surface area contributed by atoms with Gasteiger partial charge in [-0.1, -0.05) is 29.8 Å². The molecule has 0 radical (unpaired) electrons. The number of aryl methyl sites for hydroxylation is 1. The van der Waals surface area contributed by atoms with E-state index >= 15 is 0 Å². The number of hydrogen-bond donors (Lipinski definition) is 0. The monoisotopic (exact) mass is 462 g/mol. The average molecular weight is 463 g/mol. The molecule has 2 aromatic heterocycles. The van der Waals surface area contributed by atoms with E-state index in [1.54, 1.807) is 30.3 Å². The first-order chi connectivity index (χ1) is 15.9. The number of nitrogens with zero attached hydrogens (tertiary/aromatic N) is 4. The molecule has 0 bridgehead atoms. The minimum Gasteiger partial charge on any atom is -0.357 e. The Hall–Kier alpha value is -3.51. The minimum absolute atomic E-state index is 0.185. The van der Waals surface area contributed by atoms with Crippen LogP contribution in [0.25, 0.3) is 28.7 Å². The van der Waals surface area contributed by atoms with E-state index in [0.29, 0.717) is 22.1 Å². The summed E-state index contributed by atoms with van der Waals surface area (Å²) in [6, 6.07) is 15.0. The number of benzene rings is 2. The highest BCUT2D eigenvalue weighted by molar-refractivity contribution is 6.32. The van der Waals surface area contributed by atoms with Crippen molar-refractivity contribution in [2.45, 2.75) is 20.8 Å². The van der Waals surface area contributed by atoms with Crippen molar-refractivity contribution >= 4 is 40.5 Å². The van der Waals surface area contributed by atoms with Gasteiger partial charge in [0.05, 0.1) is 27.3 Å². The molecule has 0 saturated carbocycles. The maximum Gasteiger partial charge on any atom is 0.266 e. The molecular weight excluding hydrogens is 439 g/mol. The molecule has 0 amide bonds. The van der Waals surface area contributed by atoms with Gasteiger partial charge in [-0.3, -0.25) is 9.36 Å². The van der Waals surface area contributed by atoms with Crippen LogP contribution in [0.15, 0.2) is 59.4 Å². The zero-order valence-corrected chi connectivity index (χ0v) is 19.5. The van der Waals surface area contributed by atoms with Crippen LogP contribution in [0.2, 0.25) is 5.02 Å². The van der Waals surface area contributed by atoms with Gasteiger partial charge in [0.1, 0.15) is 17.5 Å². The smallest absolute Gasteiger partial charge is 0.266 e. The fourth-order valence-electron chi connectivity index (χ4n) is 3.73. The average Bonchev–Trinajstić information content (AvgIpc) is 2.81. The van der Waals surface area contributed by atoms with E-state index < -0.39 is 11.4 Å². The van der Waals surface area contributed by atoms with Crippen molar-refractivity contribution < 1.29 is 4.39 Å². The number of para-hydroxylation sites is 1. The summed E-state index contributed by atoms with van der Waals surface area (Å²) in [5, 5.41) is 0.578. The van der Waals surface area contributed by atoms with Gasteiger partial charge in [0, 0.05) is 13.1 Å². The predicted molar refractivity (Wildman–Crippen MR) is 134 cm³/mol. The van der Waals surface area contributed by atoms with Gasteiger partial charge in [-0.2, -0.15) is 0 Å². The molecule has 168 valence electrons. The molecule has 0 N–H and O–H groups in total. The van der Waals surface area contributed by atoms with Crippen molar-refractivity contribution in [3.8, 4) is 5.69 Å². The van der Waals surface area contributed by atoms with E-state index in [2.05, 4.69) is 23.7 Å². The fraction of sp³-hybridized carbons (Fsp3) is 0.192. The number of aromatic nitrogens is 3. The first-order valence-electron chi connectivity index (χ1n) is 10.8. The summed E-state index contributed by atoms with van der Waals surface area (Å²) >= 11 is 6.41. The molecule has 0 atom stereocenters. The van der Waals surface area contributed by atoms with Crippen molar-refractivity contribution in [1.29, 1.82) is 0 Å². The molecule has 0 aliphatic rings. The Morgan fingerprint density at radius 1 is 1.03 bits per heavy atom. The van der Waals surface area contributed by atoms with Gasteiger partial charge in [0.25, 0.3) is 5.56 Å². The molecule has 0 fully saturated rings. The van der Waals surface area contributed by atoms with Gasteiger partial charge in [-0.25, -0.2) is 14.4 Å². The molecule has 0 aliphatic heterocycles. The van der Waals surface area contributed by atoms with E-state index in [-0.39, 0.29) is 5.39 Å². The summed E-state index contributed by atoms with van der Waals surface area (Å²) in [5.41, 5.74) is 2.26. The van der Waals surface area contributed by atoms with Crippen molar-refractivity contribution in [2.75, 3.05) is 18.0 Å². The molecule has 5 nitrogen and oxygen atoms in total. The quantitative estimate of drug-likeness (QED) is 0.358.